The monoisotopic (exact) mass is 372 g/mol. The lowest BCUT2D eigenvalue weighted by Crippen LogP contribution is -2.08. The summed E-state index contributed by atoms with van der Waals surface area (Å²) in [6.45, 7) is 2.47. The minimum Gasteiger partial charge on any atom is -0.370 e. The molecular weight excluding hydrogens is 353 g/mol. The van der Waals surface area contributed by atoms with Gasteiger partial charge in [0.1, 0.15) is 5.82 Å². The Morgan fingerprint density at radius 1 is 0.926 bits per heavy atom. The van der Waals surface area contributed by atoms with Crippen molar-refractivity contribution in [2.45, 2.75) is 19.8 Å². The first-order valence-electron chi connectivity index (χ1n) is 8.57. The van der Waals surface area contributed by atoms with E-state index in [4.69, 9.17) is 0 Å². The largest absolute Gasteiger partial charge is 0.370 e. The molecule has 0 bridgehead atoms. The molecule has 0 aliphatic heterocycles. The van der Waals surface area contributed by atoms with Crippen molar-refractivity contribution in [1.82, 2.24) is 9.97 Å². The van der Waals surface area contributed by atoms with E-state index in [1.165, 1.54) is 5.56 Å². The predicted molar refractivity (Wildman–Crippen MR) is 99.6 cm³/mol. The zero-order valence-electron chi connectivity index (χ0n) is 14.8. The molecule has 140 valence electrons. The summed E-state index contributed by atoms with van der Waals surface area (Å²) in [5, 5.41) is 5.79. The molecule has 2 aromatic carbocycles. The lowest BCUT2D eigenvalue weighted by atomic mass is 10.1. The van der Waals surface area contributed by atoms with E-state index < -0.39 is 17.5 Å². The summed E-state index contributed by atoms with van der Waals surface area (Å²) in [5.74, 6) is -3.42. The van der Waals surface area contributed by atoms with Crippen LogP contribution in [0.5, 0.6) is 0 Å². The number of benzene rings is 2. The fraction of sp³-hybridized carbons (Fsp3) is 0.200. The molecule has 3 aromatic rings. The van der Waals surface area contributed by atoms with Gasteiger partial charge in [0.2, 0.25) is 5.95 Å². The van der Waals surface area contributed by atoms with Crippen molar-refractivity contribution >= 4 is 17.5 Å². The zero-order valence-corrected chi connectivity index (χ0v) is 14.8. The van der Waals surface area contributed by atoms with Gasteiger partial charge in [-0.15, -0.1) is 0 Å². The van der Waals surface area contributed by atoms with Crippen molar-refractivity contribution in [2.24, 2.45) is 0 Å². The SMILES string of the molecule is Cc1cc(NCCCc2ccccc2)nc(Nc2ccc(F)c(F)c2F)n1. The normalized spacial score (nSPS) is 10.7. The Hall–Kier alpha value is -3.09. The van der Waals surface area contributed by atoms with Gasteiger partial charge >= 0.3 is 0 Å². The smallest absolute Gasteiger partial charge is 0.229 e. The number of nitrogens with zero attached hydrogens (tertiary/aromatic N) is 2. The molecule has 0 aliphatic rings. The van der Waals surface area contributed by atoms with E-state index in [2.05, 4.69) is 32.7 Å². The van der Waals surface area contributed by atoms with Crippen molar-refractivity contribution in [3.05, 3.63) is 77.2 Å². The number of rotatable bonds is 7. The Kier molecular flexibility index (Phi) is 5.90. The number of aromatic nitrogens is 2. The first-order chi connectivity index (χ1) is 13.0. The van der Waals surface area contributed by atoms with Crippen LogP contribution in [-0.4, -0.2) is 16.5 Å². The second kappa shape index (κ2) is 8.53. The number of aryl methyl sites for hydroxylation is 2. The van der Waals surface area contributed by atoms with Crippen LogP contribution in [0.25, 0.3) is 0 Å². The molecular formula is C20H19F3N4. The Labute approximate surface area is 155 Å². The molecule has 0 amide bonds. The molecule has 3 rings (SSSR count). The highest BCUT2D eigenvalue weighted by Gasteiger charge is 2.14. The molecule has 0 fully saturated rings. The lowest BCUT2D eigenvalue weighted by Gasteiger charge is -2.11. The van der Waals surface area contributed by atoms with Crippen LogP contribution in [0.15, 0.2) is 48.5 Å². The Bertz CT molecular complexity index is 917. The maximum atomic E-state index is 13.8. The van der Waals surface area contributed by atoms with Crippen LogP contribution in [0.3, 0.4) is 0 Å². The van der Waals surface area contributed by atoms with Crippen molar-refractivity contribution in [3.63, 3.8) is 0 Å². The van der Waals surface area contributed by atoms with Crippen LogP contribution in [-0.2, 0) is 6.42 Å². The number of anilines is 3. The molecule has 1 heterocycles. The lowest BCUT2D eigenvalue weighted by molar-refractivity contribution is 0.449. The molecule has 7 heteroatoms. The summed E-state index contributed by atoms with van der Waals surface area (Å²) in [5.41, 5.74) is 1.69. The van der Waals surface area contributed by atoms with Gasteiger partial charge in [-0.2, -0.15) is 4.98 Å². The maximum Gasteiger partial charge on any atom is 0.229 e. The minimum atomic E-state index is -1.54. The highest BCUT2D eigenvalue weighted by Crippen LogP contribution is 2.22. The summed E-state index contributed by atoms with van der Waals surface area (Å²) >= 11 is 0. The topological polar surface area (TPSA) is 49.8 Å². The molecule has 0 saturated heterocycles. The van der Waals surface area contributed by atoms with Crippen LogP contribution in [0.4, 0.5) is 30.6 Å². The van der Waals surface area contributed by atoms with Crippen LogP contribution in [0.1, 0.15) is 17.7 Å². The van der Waals surface area contributed by atoms with Gasteiger partial charge in [-0.05, 0) is 37.5 Å². The van der Waals surface area contributed by atoms with Crippen molar-refractivity contribution in [2.75, 3.05) is 17.2 Å². The highest BCUT2D eigenvalue weighted by molar-refractivity contribution is 5.56. The summed E-state index contributed by atoms with van der Waals surface area (Å²) in [6.07, 6.45) is 1.84. The van der Waals surface area contributed by atoms with Crippen molar-refractivity contribution < 1.29 is 13.2 Å². The van der Waals surface area contributed by atoms with E-state index >= 15 is 0 Å². The molecule has 1 aromatic heterocycles. The number of halogens is 3. The molecule has 0 radical (unpaired) electrons. The summed E-state index contributed by atoms with van der Waals surface area (Å²) < 4.78 is 40.2. The van der Waals surface area contributed by atoms with Gasteiger partial charge in [-0.3, -0.25) is 0 Å². The van der Waals surface area contributed by atoms with E-state index in [-0.39, 0.29) is 11.6 Å². The molecule has 4 nitrogen and oxygen atoms in total. The van der Waals surface area contributed by atoms with Crippen LogP contribution >= 0.6 is 0 Å². The first kappa shape index (κ1) is 18.7. The maximum absolute atomic E-state index is 13.8. The number of hydrogen-bond acceptors (Lipinski definition) is 4. The van der Waals surface area contributed by atoms with E-state index in [0.717, 1.165) is 25.0 Å². The summed E-state index contributed by atoms with van der Waals surface area (Å²) in [6, 6.07) is 13.9. The summed E-state index contributed by atoms with van der Waals surface area (Å²) in [4.78, 5) is 8.40. The fourth-order valence-electron chi connectivity index (χ4n) is 2.61. The molecule has 0 spiro atoms. The first-order valence-corrected chi connectivity index (χ1v) is 8.57. The molecule has 27 heavy (non-hydrogen) atoms. The van der Waals surface area contributed by atoms with Crippen LogP contribution in [0, 0.1) is 24.4 Å². The molecule has 0 unspecified atom stereocenters. The van der Waals surface area contributed by atoms with E-state index in [9.17, 15) is 13.2 Å². The van der Waals surface area contributed by atoms with Gasteiger partial charge < -0.3 is 10.6 Å². The van der Waals surface area contributed by atoms with Gasteiger partial charge in [0.25, 0.3) is 0 Å². The Balaban J connectivity index is 1.63. The average Bonchev–Trinajstić information content (AvgIpc) is 2.66. The van der Waals surface area contributed by atoms with Crippen molar-refractivity contribution in [3.8, 4) is 0 Å². The second-order valence-corrected chi connectivity index (χ2v) is 6.08. The molecule has 0 atom stereocenters. The minimum absolute atomic E-state index is 0.102. The third-order valence-corrected chi connectivity index (χ3v) is 3.93. The Morgan fingerprint density at radius 2 is 1.70 bits per heavy atom. The van der Waals surface area contributed by atoms with E-state index in [1.54, 1.807) is 13.0 Å². The molecule has 0 saturated carbocycles. The second-order valence-electron chi connectivity index (χ2n) is 6.08. The van der Waals surface area contributed by atoms with Crippen molar-refractivity contribution in [1.29, 1.82) is 0 Å². The average molecular weight is 372 g/mol. The Morgan fingerprint density at radius 3 is 2.48 bits per heavy atom. The third kappa shape index (κ3) is 4.97. The predicted octanol–water partition coefficient (Wildman–Crippen LogP) is 4.99. The van der Waals surface area contributed by atoms with Crippen LogP contribution < -0.4 is 10.6 Å². The van der Waals surface area contributed by atoms with Gasteiger partial charge in [-0.1, -0.05) is 30.3 Å². The quantitative estimate of drug-likeness (QED) is 0.453. The van der Waals surface area contributed by atoms with E-state index in [1.807, 2.05) is 18.2 Å². The van der Waals surface area contributed by atoms with Gasteiger partial charge in [0.15, 0.2) is 17.5 Å². The summed E-state index contributed by atoms with van der Waals surface area (Å²) in [7, 11) is 0. The van der Waals surface area contributed by atoms with Crippen LogP contribution in [0.2, 0.25) is 0 Å². The molecule has 2 N–H and O–H groups in total. The standard InChI is InChI=1S/C20H19F3N4/c1-13-12-17(24-11-5-8-14-6-3-2-4-7-14)27-20(25-13)26-16-10-9-15(21)18(22)19(16)23/h2-4,6-7,9-10,12H,5,8,11H2,1H3,(H2,24,25,26,27). The zero-order chi connectivity index (χ0) is 19.2. The number of nitrogens with one attached hydrogen (secondary N) is 2. The van der Waals surface area contributed by atoms with Gasteiger partial charge in [0.05, 0.1) is 5.69 Å². The van der Waals surface area contributed by atoms with Gasteiger partial charge in [-0.25, -0.2) is 18.2 Å². The molecule has 0 aliphatic carbocycles. The fourth-order valence-corrected chi connectivity index (χ4v) is 2.61. The highest BCUT2D eigenvalue weighted by atomic mass is 19.2. The number of hydrogen-bond donors (Lipinski definition) is 2. The van der Waals surface area contributed by atoms with E-state index in [0.29, 0.717) is 18.1 Å². The van der Waals surface area contributed by atoms with Gasteiger partial charge in [0, 0.05) is 18.3 Å². The third-order valence-electron chi connectivity index (χ3n) is 3.93.